The van der Waals surface area contributed by atoms with Crippen molar-refractivity contribution in [3.8, 4) is 0 Å². The molecule has 1 saturated heterocycles. The fourth-order valence-electron chi connectivity index (χ4n) is 3.11. The quantitative estimate of drug-likeness (QED) is 0.314. The van der Waals surface area contributed by atoms with Gasteiger partial charge in [0.25, 0.3) is 5.69 Å². The van der Waals surface area contributed by atoms with Gasteiger partial charge in [-0.25, -0.2) is 9.97 Å². The Labute approximate surface area is 169 Å². The summed E-state index contributed by atoms with van der Waals surface area (Å²) in [6.45, 7) is 5.17. The number of nitro groups is 1. The smallest absolute Gasteiger partial charge is 0.270 e. The van der Waals surface area contributed by atoms with Crippen molar-refractivity contribution >= 4 is 23.6 Å². The molecule has 0 atom stereocenters. The van der Waals surface area contributed by atoms with Crippen LogP contribution in [-0.2, 0) is 4.79 Å². The van der Waals surface area contributed by atoms with Gasteiger partial charge in [-0.2, -0.15) is 0 Å². The van der Waals surface area contributed by atoms with Gasteiger partial charge in [0.15, 0.2) is 0 Å². The summed E-state index contributed by atoms with van der Waals surface area (Å²) in [6.07, 6.45) is 7.35. The van der Waals surface area contributed by atoms with E-state index in [0.717, 1.165) is 45.1 Å². The maximum atomic E-state index is 11.9. The first-order valence-electron chi connectivity index (χ1n) is 9.56. The van der Waals surface area contributed by atoms with Crippen LogP contribution in [-0.4, -0.2) is 65.0 Å². The van der Waals surface area contributed by atoms with E-state index in [4.69, 9.17) is 0 Å². The third-order valence-corrected chi connectivity index (χ3v) is 4.67. The van der Waals surface area contributed by atoms with Crippen molar-refractivity contribution in [1.82, 2.24) is 20.2 Å². The van der Waals surface area contributed by atoms with Crippen molar-refractivity contribution in [3.63, 3.8) is 0 Å². The lowest BCUT2D eigenvalue weighted by Gasteiger charge is -2.34. The molecule has 0 radical (unpaired) electrons. The molecular weight excluding hydrogens is 372 g/mol. The van der Waals surface area contributed by atoms with Crippen LogP contribution in [0.1, 0.15) is 12.0 Å². The first kappa shape index (κ1) is 20.4. The zero-order valence-corrected chi connectivity index (χ0v) is 16.1. The number of nitrogens with zero attached hydrogens (tertiary/aromatic N) is 5. The van der Waals surface area contributed by atoms with E-state index < -0.39 is 4.92 Å². The number of non-ortho nitro benzene ring substituents is 1. The number of nitrogens with one attached hydrogen (secondary N) is 1. The van der Waals surface area contributed by atoms with Gasteiger partial charge in [0, 0.05) is 63.3 Å². The van der Waals surface area contributed by atoms with Crippen molar-refractivity contribution in [2.75, 3.05) is 44.2 Å². The van der Waals surface area contributed by atoms with Crippen LogP contribution in [0.5, 0.6) is 0 Å². The van der Waals surface area contributed by atoms with Crippen LogP contribution in [0.3, 0.4) is 0 Å². The summed E-state index contributed by atoms with van der Waals surface area (Å²) in [4.78, 5) is 35.4. The van der Waals surface area contributed by atoms with Gasteiger partial charge < -0.3 is 10.2 Å². The van der Waals surface area contributed by atoms with Crippen molar-refractivity contribution < 1.29 is 9.72 Å². The van der Waals surface area contributed by atoms with Crippen LogP contribution in [0.4, 0.5) is 11.6 Å². The van der Waals surface area contributed by atoms with Gasteiger partial charge in [-0.1, -0.05) is 12.1 Å². The molecule has 1 aliphatic rings. The van der Waals surface area contributed by atoms with Crippen molar-refractivity contribution in [1.29, 1.82) is 0 Å². The number of anilines is 1. The molecule has 3 rings (SSSR count). The lowest BCUT2D eigenvalue weighted by molar-refractivity contribution is -0.384. The van der Waals surface area contributed by atoms with Gasteiger partial charge in [-0.05, 0) is 30.7 Å². The highest BCUT2D eigenvalue weighted by molar-refractivity contribution is 5.91. The Hall–Kier alpha value is -3.33. The Morgan fingerprint density at radius 2 is 1.93 bits per heavy atom. The highest BCUT2D eigenvalue weighted by Gasteiger charge is 2.18. The zero-order chi connectivity index (χ0) is 20.5. The first-order chi connectivity index (χ1) is 14.1. The molecule has 0 spiro atoms. The third kappa shape index (κ3) is 6.35. The molecule has 1 fully saturated rings. The summed E-state index contributed by atoms with van der Waals surface area (Å²) < 4.78 is 0. The lowest BCUT2D eigenvalue weighted by Crippen LogP contribution is -2.47. The largest absolute Gasteiger partial charge is 0.353 e. The molecule has 1 N–H and O–H groups in total. The molecule has 2 aromatic rings. The van der Waals surface area contributed by atoms with Gasteiger partial charge in [0.2, 0.25) is 11.9 Å². The Kier molecular flexibility index (Phi) is 7.23. The fourth-order valence-corrected chi connectivity index (χ4v) is 3.11. The number of piperazine rings is 1. The molecule has 1 aromatic heterocycles. The third-order valence-electron chi connectivity index (χ3n) is 4.67. The predicted molar refractivity (Wildman–Crippen MR) is 110 cm³/mol. The monoisotopic (exact) mass is 396 g/mol. The summed E-state index contributed by atoms with van der Waals surface area (Å²) in [5.74, 6) is 0.567. The van der Waals surface area contributed by atoms with Gasteiger partial charge in [0.05, 0.1) is 4.92 Å². The second kappa shape index (κ2) is 10.3. The van der Waals surface area contributed by atoms with Crippen molar-refractivity contribution in [2.45, 2.75) is 6.42 Å². The Bertz CT molecular complexity index is 850. The number of amides is 1. The molecule has 2 heterocycles. The lowest BCUT2D eigenvalue weighted by atomic mass is 10.2. The van der Waals surface area contributed by atoms with E-state index in [0.29, 0.717) is 12.1 Å². The highest BCUT2D eigenvalue weighted by Crippen LogP contribution is 2.14. The summed E-state index contributed by atoms with van der Waals surface area (Å²) in [6, 6.07) is 7.98. The number of hydrogen-bond donors (Lipinski definition) is 1. The average molecular weight is 396 g/mol. The molecule has 1 aliphatic heterocycles. The van der Waals surface area contributed by atoms with Crippen LogP contribution in [0.25, 0.3) is 6.08 Å². The van der Waals surface area contributed by atoms with Gasteiger partial charge >= 0.3 is 0 Å². The van der Waals surface area contributed by atoms with Crippen LogP contribution in [0, 0.1) is 10.1 Å². The molecule has 0 aliphatic carbocycles. The molecule has 1 aromatic carbocycles. The summed E-state index contributed by atoms with van der Waals surface area (Å²) in [5, 5.41) is 13.6. The maximum absolute atomic E-state index is 11.9. The minimum absolute atomic E-state index is 0.00600. The summed E-state index contributed by atoms with van der Waals surface area (Å²) in [5.41, 5.74) is 0.626. The highest BCUT2D eigenvalue weighted by atomic mass is 16.6. The minimum Gasteiger partial charge on any atom is -0.353 e. The first-order valence-corrected chi connectivity index (χ1v) is 9.56. The van der Waals surface area contributed by atoms with Crippen LogP contribution in [0.15, 0.2) is 48.8 Å². The maximum Gasteiger partial charge on any atom is 0.270 e. The van der Waals surface area contributed by atoms with Gasteiger partial charge in [-0.3, -0.25) is 19.8 Å². The van der Waals surface area contributed by atoms with E-state index >= 15 is 0 Å². The van der Waals surface area contributed by atoms with Crippen LogP contribution in [0.2, 0.25) is 0 Å². The molecule has 9 nitrogen and oxygen atoms in total. The molecule has 1 amide bonds. The number of carbonyl (C=O) groups excluding carboxylic acids is 1. The molecule has 29 heavy (non-hydrogen) atoms. The van der Waals surface area contributed by atoms with Crippen molar-refractivity contribution in [3.05, 3.63) is 64.5 Å². The number of rotatable bonds is 8. The van der Waals surface area contributed by atoms with E-state index in [1.807, 2.05) is 6.07 Å². The number of hydrogen-bond acceptors (Lipinski definition) is 7. The van der Waals surface area contributed by atoms with Gasteiger partial charge in [-0.15, -0.1) is 0 Å². The second-order valence-electron chi connectivity index (χ2n) is 6.71. The molecule has 9 heteroatoms. The summed E-state index contributed by atoms with van der Waals surface area (Å²) in [7, 11) is 0. The number of aromatic nitrogens is 2. The molecule has 152 valence electrons. The standard InChI is InChI=1S/C20H24N6O3/c27-19(7-6-17-4-1-5-18(16-17)26(28)29)21-10-3-11-24-12-14-25(15-13-24)20-22-8-2-9-23-20/h1-2,4-9,16H,3,10-15H2,(H,21,27)/b7-6+. The SMILES string of the molecule is O=C(/C=C/c1cccc([N+](=O)[O-])c1)NCCCN1CCN(c2ncccn2)CC1. The Balaban J connectivity index is 1.33. The van der Waals surface area contributed by atoms with E-state index in [2.05, 4.69) is 25.1 Å². The topological polar surface area (TPSA) is 104 Å². The van der Waals surface area contributed by atoms with E-state index in [1.165, 1.54) is 18.2 Å². The molecule has 0 unspecified atom stereocenters. The average Bonchev–Trinajstić information content (AvgIpc) is 2.76. The predicted octanol–water partition coefficient (Wildman–Crippen LogP) is 1.73. The van der Waals surface area contributed by atoms with E-state index in [9.17, 15) is 14.9 Å². The van der Waals surface area contributed by atoms with Crippen LogP contribution >= 0.6 is 0 Å². The zero-order valence-electron chi connectivity index (χ0n) is 16.1. The fraction of sp³-hybridized carbons (Fsp3) is 0.350. The van der Waals surface area contributed by atoms with Gasteiger partial charge in [0.1, 0.15) is 0 Å². The normalized spacial score (nSPS) is 14.8. The number of benzene rings is 1. The number of nitro benzene ring substituents is 1. The second-order valence-corrected chi connectivity index (χ2v) is 6.71. The van der Waals surface area contributed by atoms with Crippen molar-refractivity contribution in [2.24, 2.45) is 0 Å². The van der Waals surface area contributed by atoms with E-state index in [1.54, 1.807) is 30.6 Å². The Morgan fingerprint density at radius 3 is 2.66 bits per heavy atom. The number of carbonyl (C=O) groups is 1. The molecule has 0 saturated carbocycles. The molecule has 0 bridgehead atoms. The minimum atomic E-state index is -0.454. The summed E-state index contributed by atoms with van der Waals surface area (Å²) >= 11 is 0. The van der Waals surface area contributed by atoms with Crippen LogP contribution < -0.4 is 10.2 Å². The van der Waals surface area contributed by atoms with E-state index in [-0.39, 0.29) is 11.6 Å². The molecular formula is C20H24N6O3. The Morgan fingerprint density at radius 1 is 1.17 bits per heavy atom.